The number of aryl methyl sites for hydroxylation is 1. The van der Waals surface area contributed by atoms with Gasteiger partial charge in [-0.1, -0.05) is 39.1 Å². The maximum atomic E-state index is 12.4. The van der Waals surface area contributed by atoms with E-state index in [1.165, 1.54) is 12.1 Å². The lowest BCUT2D eigenvalue weighted by Gasteiger charge is -2.13. The molecule has 8 heteroatoms. The second-order valence-corrected chi connectivity index (χ2v) is 7.76. The fourth-order valence-electron chi connectivity index (χ4n) is 1.80. The summed E-state index contributed by atoms with van der Waals surface area (Å²) in [5, 5.41) is 0.400. The zero-order valence-electron chi connectivity index (χ0n) is 10.8. The highest BCUT2D eigenvalue weighted by atomic mass is 79.9. The third-order valence-electron chi connectivity index (χ3n) is 2.73. The van der Waals surface area contributed by atoms with Crippen molar-refractivity contribution in [2.24, 2.45) is 0 Å². The van der Waals surface area contributed by atoms with Crippen molar-refractivity contribution in [1.29, 1.82) is 0 Å². The number of hydrogen-bond donors (Lipinski definition) is 2. The maximum absolute atomic E-state index is 12.4. The van der Waals surface area contributed by atoms with Crippen LogP contribution in [0, 0.1) is 6.92 Å². The molecule has 0 unspecified atom stereocenters. The van der Waals surface area contributed by atoms with Crippen LogP contribution in [0.3, 0.4) is 0 Å². The summed E-state index contributed by atoms with van der Waals surface area (Å²) in [4.78, 5) is 0.117. The van der Waals surface area contributed by atoms with E-state index in [-0.39, 0.29) is 20.6 Å². The van der Waals surface area contributed by atoms with Crippen molar-refractivity contribution < 1.29 is 8.42 Å². The zero-order valence-corrected chi connectivity index (χ0v) is 14.7. The van der Waals surface area contributed by atoms with Crippen LogP contribution in [0.25, 0.3) is 0 Å². The Morgan fingerprint density at radius 3 is 2.24 bits per heavy atom. The first kappa shape index (κ1) is 16.4. The minimum atomic E-state index is -3.81. The first-order valence-corrected chi connectivity index (χ1v) is 8.77. The molecule has 0 fully saturated rings. The van der Waals surface area contributed by atoms with Crippen molar-refractivity contribution in [3.63, 3.8) is 0 Å². The van der Waals surface area contributed by atoms with Gasteiger partial charge in [-0.3, -0.25) is 4.72 Å². The molecular weight excluding hydrogens is 399 g/mol. The van der Waals surface area contributed by atoms with Crippen LogP contribution in [0.5, 0.6) is 0 Å². The lowest BCUT2D eigenvalue weighted by Crippen LogP contribution is -2.15. The van der Waals surface area contributed by atoms with E-state index in [0.29, 0.717) is 15.7 Å². The van der Waals surface area contributed by atoms with Gasteiger partial charge in [0.1, 0.15) is 0 Å². The number of halogens is 3. The Labute approximate surface area is 141 Å². The zero-order chi connectivity index (χ0) is 15.8. The van der Waals surface area contributed by atoms with Crippen molar-refractivity contribution in [3.8, 4) is 0 Å². The number of rotatable bonds is 3. The Bertz CT molecular complexity index is 787. The van der Waals surface area contributed by atoms with Gasteiger partial charge >= 0.3 is 0 Å². The monoisotopic (exact) mass is 408 g/mol. The predicted octanol–water partition coefficient (Wildman–Crippen LogP) is 4.45. The quantitative estimate of drug-likeness (QED) is 0.735. The highest BCUT2D eigenvalue weighted by Gasteiger charge is 2.20. The smallest absolute Gasteiger partial charge is 0.262 e. The number of benzene rings is 2. The third-order valence-corrected chi connectivity index (χ3v) is 5.30. The average Bonchev–Trinajstić information content (AvgIpc) is 2.33. The molecule has 0 aromatic heterocycles. The minimum absolute atomic E-state index is 0.117. The number of nitrogens with one attached hydrogen (secondary N) is 1. The number of hydrogen-bond acceptors (Lipinski definition) is 3. The van der Waals surface area contributed by atoms with Crippen LogP contribution in [-0.2, 0) is 10.0 Å². The second-order valence-electron chi connectivity index (χ2n) is 4.37. The normalized spacial score (nSPS) is 11.4. The van der Waals surface area contributed by atoms with Gasteiger partial charge in [0.2, 0.25) is 0 Å². The first-order chi connectivity index (χ1) is 9.70. The van der Waals surface area contributed by atoms with Crippen molar-refractivity contribution in [2.45, 2.75) is 11.8 Å². The van der Waals surface area contributed by atoms with E-state index in [4.69, 9.17) is 28.9 Å². The molecule has 2 aromatic carbocycles. The molecule has 0 saturated carbocycles. The molecule has 0 aliphatic carbocycles. The summed E-state index contributed by atoms with van der Waals surface area (Å²) < 4.78 is 27.9. The average molecular weight is 410 g/mol. The van der Waals surface area contributed by atoms with E-state index >= 15 is 0 Å². The molecule has 0 radical (unpaired) electrons. The van der Waals surface area contributed by atoms with Gasteiger partial charge < -0.3 is 5.73 Å². The van der Waals surface area contributed by atoms with Gasteiger partial charge in [-0.15, -0.1) is 0 Å². The summed E-state index contributed by atoms with van der Waals surface area (Å²) >= 11 is 15.3. The Balaban J connectivity index is 2.47. The lowest BCUT2D eigenvalue weighted by atomic mass is 10.2. The fourth-order valence-corrected chi connectivity index (χ4v) is 4.55. The van der Waals surface area contributed by atoms with E-state index in [1.54, 1.807) is 25.1 Å². The van der Waals surface area contributed by atoms with Crippen LogP contribution in [0.2, 0.25) is 10.0 Å². The Hall–Kier alpha value is -0.950. The maximum Gasteiger partial charge on any atom is 0.262 e. The fraction of sp³-hybridized carbons (Fsp3) is 0.0769. The molecule has 0 bridgehead atoms. The highest BCUT2D eigenvalue weighted by Crippen LogP contribution is 2.35. The molecule has 0 aliphatic heterocycles. The third kappa shape index (κ3) is 3.63. The molecule has 2 rings (SSSR count). The Morgan fingerprint density at radius 2 is 1.71 bits per heavy atom. The van der Waals surface area contributed by atoms with Crippen molar-refractivity contribution in [2.75, 3.05) is 10.5 Å². The SMILES string of the molecule is Cc1cc(N)ccc1S(=O)(=O)Nc1c(Cl)cc(Br)cc1Cl. The van der Waals surface area contributed by atoms with E-state index in [9.17, 15) is 8.42 Å². The molecule has 0 saturated heterocycles. The summed E-state index contributed by atoms with van der Waals surface area (Å²) in [6.45, 7) is 1.66. The van der Waals surface area contributed by atoms with Gasteiger partial charge in [0.25, 0.3) is 10.0 Å². The van der Waals surface area contributed by atoms with Crippen LogP contribution in [0.1, 0.15) is 5.56 Å². The summed E-state index contributed by atoms with van der Waals surface area (Å²) in [5.41, 5.74) is 6.79. The second kappa shape index (κ2) is 6.04. The minimum Gasteiger partial charge on any atom is -0.399 e. The van der Waals surface area contributed by atoms with Crippen molar-refractivity contribution in [1.82, 2.24) is 0 Å². The lowest BCUT2D eigenvalue weighted by molar-refractivity contribution is 0.600. The highest BCUT2D eigenvalue weighted by molar-refractivity contribution is 9.10. The number of nitrogens with two attached hydrogens (primary N) is 1. The molecule has 112 valence electrons. The summed E-state index contributed by atoms with van der Waals surface area (Å²) in [7, 11) is -3.81. The standard InChI is InChI=1S/C13H11BrCl2N2O2S/c1-7-4-9(17)2-3-12(7)21(19,20)18-13-10(15)5-8(14)6-11(13)16/h2-6,18H,17H2,1H3. The van der Waals surface area contributed by atoms with Crippen LogP contribution in [0.4, 0.5) is 11.4 Å². The molecule has 2 aromatic rings. The van der Waals surface area contributed by atoms with Crippen molar-refractivity contribution in [3.05, 3.63) is 50.4 Å². The van der Waals surface area contributed by atoms with Gasteiger partial charge in [0, 0.05) is 10.2 Å². The summed E-state index contributed by atoms with van der Waals surface area (Å²) in [6.07, 6.45) is 0. The van der Waals surface area contributed by atoms with Gasteiger partial charge in [0.15, 0.2) is 0 Å². The van der Waals surface area contributed by atoms with E-state index in [0.717, 1.165) is 0 Å². The molecule has 0 spiro atoms. The van der Waals surface area contributed by atoms with E-state index < -0.39 is 10.0 Å². The van der Waals surface area contributed by atoms with Gasteiger partial charge in [0.05, 0.1) is 20.6 Å². The Morgan fingerprint density at radius 1 is 1.14 bits per heavy atom. The van der Waals surface area contributed by atoms with E-state index in [1.807, 2.05) is 0 Å². The number of anilines is 2. The molecule has 3 N–H and O–H groups in total. The topological polar surface area (TPSA) is 72.2 Å². The van der Waals surface area contributed by atoms with E-state index in [2.05, 4.69) is 20.7 Å². The van der Waals surface area contributed by atoms with Gasteiger partial charge in [-0.25, -0.2) is 8.42 Å². The largest absolute Gasteiger partial charge is 0.399 e. The first-order valence-electron chi connectivity index (χ1n) is 5.74. The van der Waals surface area contributed by atoms with Gasteiger partial charge in [-0.05, 0) is 42.8 Å². The molecule has 21 heavy (non-hydrogen) atoms. The molecule has 4 nitrogen and oxygen atoms in total. The molecule has 0 heterocycles. The Kier molecular flexibility index (Phi) is 4.72. The van der Waals surface area contributed by atoms with Crippen LogP contribution >= 0.6 is 39.1 Å². The van der Waals surface area contributed by atoms with Crippen LogP contribution < -0.4 is 10.5 Å². The summed E-state index contributed by atoms with van der Waals surface area (Å²) in [6, 6.07) is 7.65. The van der Waals surface area contributed by atoms with Gasteiger partial charge in [-0.2, -0.15) is 0 Å². The van der Waals surface area contributed by atoms with Crippen LogP contribution in [-0.4, -0.2) is 8.42 Å². The van der Waals surface area contributed by atoms with Crippen molar-refractivity contribution >= 4 is 60.5 Å². The molecule has 0 amide bonds. The number of nitrogen functional groups attached to an aromatic ring is 1. The predicted molar refractivity (Wildman–Crippen MR) is 90.6 cm³/mol. The summed E-state index contributed by atoms with van der Waals surface area (Å²) in [5.74, 6) is 0. The van der Waals surface area contributed by atoms with Crippen LogP contribution in [0.15, 0.2) is 39.7 Å². The number of sulfonamides is 1. The molecule has 0 aliphatic rings. The molecular formula is C13H11BrCl2N2O2S. The molecule has 0 atom stereocenters.